The Bertz CT molecular complexity index is 1490. The molecule has 4 aromatic rings. The van der Waals surface area contributed by atoms with Crippen molar-refractivity contribution >= 4 is 17.6 Å². The molecule has 8 nitrogen and oxygen atoms in total. The lowest BCUT2D eigenvalue weighted by Crippen LogP contribution is -2.31. The summed E-state index contributed by atoms with van der Waals surface area (Å²) in [6.07, 6.45) is 2.56. The van der Waals surface area contributed by atoms with Crippen molar-refractivity contribution in [2.45, 2.75) is 20.0 Å². The van der Waals surface area contributed by atoms with Crippen LogP contribution in [0.4, 0.5) is 0 Å². The Morgan fingerprint density at radius 1 is 1.03 bits per heavy atom. The molecule has 2 N–H and O–H groups in total. The Balaban J connectivity index is 1.30. The Hall–Kier alpha value is -4.72. The van der Waals surface area contributed by atoms with Crippen LogP contribution >= 0.6 is 0 Å². The Morgan fingerprint density at radius 2 is 1.86 bits per heavy atom. The minimum atomic E-state index is -0.374. The molecule has 2 aromatic heterocycles. The van der Waals surface area contributed by atoms with Gasteiger partial charge in [-0.1, -0.05) is 35.5 Å². The summed E-state index contributed by atoms with van der Waals surface area (Å²) in [5, 5.41) is 7.15. The zero-order chi connectivity index (χ0) is 25.8. The normalized spacial score (nSPS) is 13.0. The molecule has 0 saturated heterocycles. The van der Waals surface area contributed by atoms with Gasteiger partial charge in [-0.25, -0.2) is 4.79 Å². The Kier molecular flexibility index (Phi) is 6.81. The van der Waals surface area contributed by atoms with E-state index in [1.54, 1.807) is 18.3 Å². The number of fused-ring (bicyclic) bond motifs is 1. The number of aromatic amines is 1. The van der Waals surface area contributed by atoms with Gasteiger partial charge in [-0.2, -0.15) is 0 Å². The molecule has 0 atom stereocenters. The van der Waals surface area contributed by atoms with E-state index < -0.39 is 0 Å². The second-order valence-electron chi connectivity index (χ2n) is 8.73. The molecule has 1 aliphatic heterocycles. The Morgan fingerprint density at radius 3 is 2.65 bits per heavy atom. The summed E-state index contributed by atoms with van der Waals surface area (Å²) in [7, 11) is 1.35. The van der Waals surface area contributed by atoms with Gasteiger partial charge in [0.1, 0.15) is 6.61 Å². The highest BCUT2D eigenvalue weighted by molar-refractivity contribution is 5.99. The maximum atomic E-state index is 12.1. The molecule has 1 aliphatic rings. The minimum absolute atomic E-state index is 0.0408. The Labute approximate surface area is 214 Å². The number of carbonyl (C=O) groups is 2. The van der Waals surface area contributed by atoms with E-state index in [2.05, 4.69) is 20.4 Å². The molecule has 0 saturated carbocycles. The summed E-state index contributed by atoms with van der Waals surface area (Å²) in [4.78, 5) is 37.2. The SMILES string of the molecule is COC(=O)c1ccc(CON=C(C)c2cccc(-c3cc(-c4cc5c([nH]4)CCNC5=O)ccn3)c2)cc1. The lowest BCUT2D eigenvalue weighted by atomic mass is 10.0. The molecule has 8 heteroatoms. The number of carbonyl (C=O) groups excluding carboxylic acids is 2. The van der Waals surface area contributed by atoms with Crippen molar-refractivity contribution in [2.75, 3.05) is 13.7 Å². The number of nitrogens with one attached hydrogen (secondary N) is 2. The number of benzene rings is 2. The lowest BCUT2D eigenvalue weighted by molar-refractivity contribution is 0.0600. The third-order valence-corrected chi connectivity index (χ3v) is 6.26. The quantitative estimate of drug-likeness (QED) is 0.219. The molecule has 0 fully saturated rings. The predicted octanol–water partition coefficient (Wildman–Crippen LogP) is 4.76. The molecular formula is C29H26N4O4. The average Bonchev–Trinajstić information content (AvgIpc) is 3.39. The second kappa shape index (κ2) is 10.5. The third kappa shape index (κ3) is 5.28. The first kappa shape index (κ1) is 24.0. The zero-order valence-corrected chi connectivity index (χ0v) is 20.6. The molecule has 1 amide bonds. The molecule has 2 aromatic carbocycles. The van der Waals surface area contributed by atoms with E-state index in [1.165, 1.54) is 7.11 Å². The number of oxime groups is 1. The average molecular weight is 495 g/mol. The molecule has 186 valence electrons. The summed E-state index contributed by atoms with van der Waals surface area (Å²) in [6.45, 7) is 2.81. The van der Waals surface area contributed by atoms with Crippen molar-refractivity contribution in [3.63, 3.8) is 0 Å². The fourth-order valence-corrected chi connectivity index (χ4v) is 4.22. The minimum Gasteiger partial charge on any atom is -0.465 e. The smallest absolute Gasteiger partial charge is 0.337 e. The van der Waals surface area contributed by atoms with E-state index >= 15 is 0 Å². The van der Waals surface area contributed by atoms with Crippen LogP contribution in [0.15, 0.2) is 78.1 Å². The van der Waals surface area contributed by atoms with E-state index in [4.69, 9.17) is 9.57 Å². The highest BCUT2D eigenvalue weighted by atomic mass is 16.6. The van der Waals surface area contributed by atoms with E-state index in [0.29, 0.717) is 17.7 Å². The molecule has 0 aliphatic carbocycles. The first-order chi connectivity index (χ1) is 18.0. The third-order valence-electron chi connectivity index (χ3n) is 6.26. The number of rotatable bonds is 7. The van der Waals surface area contributed by atoms with Crippen molar-refractivity contribution < 1.29 is 19.2 Å². The van der Waals surface area contributed by atoms with Crippen LogP contribution in [0.3, 0.4) is 0 Å². The molecule has 0 spiro atoms. The number of hydrogen-bond acceptors (Lipinski definition) is 6. The van der Waals surface area contributed by atoms with Crippen LogP contribution in [0.2, 0.25) is 0 Å². The van der Waals surface area contributed by atoms with Gasteiger partial charge in [-0.05, 0) is 54.4 Å². The van der Waals surface area contributed by atoms with E-state index in [1.807, 2.05) is 61.5 Å². The van der Waals surface area contributed by atoms with Gasteiger partial charge in [0.15, 0.2) is 0 Å². The van der Waals surface area contributed by atoms with Crippen LogP contribution in [0.5, 0.6) is 0 Å². The van der Waals surface area contributed by atoms with Gasteiger partial charge in [0.25, 0.3) is 5.91 Å². The molecule has 37 heavy (non-hydrogen) atoms. The van der Waals surface area contributed by atoms with Gasteiger partial charge in [0.05, 0.1) is 29.6 Å². The van der Waals surface area contributed by atoms with Gasteiger partial charge in [-0.15, -0.1) is 0 Å². The maximum absolute atomic E-state index is 12.1. The maximum Gasteiger partial charge on any atom is 0.337 e. The van der Waals surface area contributed by atoms with Crippen molar-refractivity contribution in [3.8, 4) is 22.5 Å². The zero-order valence-electron chi connectivity index (χ0n) is 20.6. The fraction of sp³-hybridized carbons (Fsp3) is 0.172. The van der Waals surface area contributed by atoms with E-state index in [-0.39, 0.29) is 18.5 Å². The number of methoxy groups -OCH3 is 1. The van der Waals surface area contributed by atoms with Crippen molar-refractivity contribution in [1.82, 2.24) is 15.3 Å². The number of nitrogens with zero attached hydrogens (tertiary/aromatic N) is 2. The van der Waals surface area contributed by atoms with Gasteiger partial charge >= 0.3 is 5.97 Å². The molecule has 5 rings (SSSR count). The summed E-state index contributed by atoms with van der Waals surface area (Å²) in [5.41, 5.74) is 8.31. The number of aromatic nitrogens is 2. The fourth-order valence-electron chi connectivity index (χ4n) is 4.22. The molecular weight excluding hydrogens is 468 g/mol. The van der Waals surface area contributed by atoms with E-state index in [9.17, 15) is 9.59 Å². The molecule has 0 unspecified atom stereocenters. The van der Waals surface area contributed by atoms with Crippen LogP contribution < -0.4 is 5.32 Å². The van der Waals surface area contributed by atoms with Crippen LogP contribution in [0.1, 0.15) is 44.5 Å². The van der Waals surface area contributed by atoms with Gasteiger partial charge in [-0.3, -0.25) is 9.78 Å². The van der Waals surface area contributed by atoms with Crippen LogP contribution in [0, 0.1) is 0 Å². The monoisotopic (exact) mass is 494 g/mol. The second-order valence-corrected chi connectivity index (χ2v) is 8.73. The van der Waals surface area contributed by atoms with Crippen LogP contribution in [-0.2, 0) is 22.6 Å². The van der Waals surface area contributed by atoms with Gasteiger partial charge in [0, 0.05) is 41.7 Å². The summed E-state index contributed by atoms with van der Waals surface area (Å²) >= 11 is 0. The number of esters is 1. The van der Waals surface area contributed by atoms with Crippen LogP contribution in [-0.4, -0.2) is 41.2 Å². The first-order valence-corrected chi connectivity index (χ1v) is 11.9. The van der Waals surface area contributed by atoms with Crippen molar-refractivity contribution in [2.24, 2.45) is 5.16 Å². The number of H-pyrrole nitrogens is 1. The summed E-state index contributed by atoms with van der Waals surface area (Å²) < 4.78 is 4.72. The summed E-state index contributed by atoms with van der Waals surface area (Å²) in [5.74, 6) is -0.415. The number of amides is 1. The first-order valence-electron chi connectivity index (χ1n) is 11.9. The summed E-state index contributed by atoms with van der Waals surface area (Å²) in [6, 6.07) is 20.8. The molecule has 0 bridgehead atoms. The van der Waals surface area contributed by atoms with Crippen molar-refractivity contribution in [3.05, 3.63) is 101 Å². The molecule has 3 heterocycles. The van der Waals surface area contributed by atoms with Crippen LogP contribution in [0.25, 0.3) is 22.5 Å². The lowest BCUT2D eigenvalue weighted by Gasteiger charge is -2.11. The van der Waals surface area contributed by atoms with E-state index in [0.717, 1.165) is 51.5 Å². The van der Waals surface area contributed by atoms with Gasteiger partial charge < -0.3 is 19.9 Å². The number of hydrogen-bond donors (Lipinski definition) is 2. The highest BCUT2D eigenvalue weighted by Crippen LogP contribution is 2.27. The number of pyridine rings is 1. The van der Waals surface area contributed by atoms with Crippen molar-refractivity contribution in [1.29, 1.82) is 0 Å². The highest BCUT2D eigenvalue weighted by Gasteiger charge is 2.20. The predicted molar refractivity (Wildman–Crippen MR) is 140 cm³/mol. The standard InChI is InChI=1S/C29H26N4O4/c1-18(33-37-17-19-6-8-20(9-7-19)29(35)36-2)21-4-3-5-22(14-21)26-15-23(10-12-30-26)27-16-24-25(32-27)11-13-31-28(24)34/h3-10,12,14-16,32H,11,13,17H2,1-2H3,(H,31,34). The molecule has 0 radical (unpaired) electrons. The number of ether oxygens (including phenoxy) is 1. The van der Waals surface area contributed by atoms with Gasteiger partial charge in [0.2, 0.25) is 0 Å². The largest absolute Gasteiger partial charge is 0.465 e. The topological polar surface area (TPSA) is 106 Å².